The minimum absolute atomic E-state index is 0.826. The van der Waals surface area contributed by atoms with Crippen molar-refractivity contribution in [2.24, 2.45) is 34.6 Å². The molecule has 8 heteroatoms. The summed E-state index contributed by atoms with van der Waals surface area (Å²) in [5.41, 5.74) is 5.74. The van der Waals surface area contributed by atoms with Gasteiger partial charge in [-0.1, -0.05) is 0 Å². The van der Waals surface area contributed by atoms with Gasteiger partial charge < -0.3 is 15.2 Å². The Kier molecular flexibility index (Phi) is 7.96. The number of nitrogens with one attached hydrogen (secondary N) is 2. The van der Waals surface area contributed by atoms with E-state index >= 15 is 0 Å². The molecule has 178 valence electrons. The summed E-state index contributed by atoms with van der Waals surface area (Å²) < 4.78 is 3.93. The summed E-state index contributed by atoms with van der Waals surface area (Å²) in [7, 11) is 3.94. The monoisotopic (exact) mass is 467 g/mol. The van der Waals surface area contributed by atoms with Crippen molar-refractivity contribution in [3.05, 3.63) is 90.9 Å². The molecule has 0 amide bonds. The van der Waals surface area contributed by atoms with Gasteiger partial charge in [0.05, 0.1) is 17.1 Å². The van der Waals surface area contributed by atoms with Crippen molar-refractivity contribution >= 4 is 34.3 Å². The second kappa shape index (κ2) is 11.7. The molecule has 2 heterocycles. The molecular formula is C27H31N8+. The average molecular weight is 468 g/mol. The molecule has 2 N–H and O–H groups in total. The van der Waals surface area contributed by atoms with E-state index in [9.17, 15) is 0 Å². The lowest BCUT2D eigenvalue weighted by molar-refractivity contribution is -0.671. The quantitative estimate of drug-likeness (QED) is 0.151. The molecule has 8 nitrogen and oxygen atoms in total. The Morgan fingerprint density at radius 1 is 0.686 bits per heavy atom. The summed E-state index contributed by atoms with van der Waals surface area (Å²) in [6.07, 6.45) is 6.87. The van der Waals surface area contributed by atoms with E-state index in [1.54, 1.807) is 0 Å². The number of hydrogen-bond acceptors (Lipinski definition) is 6. The third-order valence-electron chi connectivity index (χ3n) is 5.48. The molecule has 2 aromatic carbocycles. The van der Waals surface area contributed by atoms with Gasteiger partial charge in [0.25, 0.3) is 0 Å². The van der Waals surface area contributed by atoms with Gasteiger partial charge in [-0.2, -0.15) is 10.2 Å². The van der Waals surface area contributed by atoms with Gasteiger partial charge in [0.2, 0.25) is 0 Å². The third-order valence-corrected chi connectivity index (χ3v) is 5.48. The first-order valence-electron chi connectivity index (χ1n) is 11.7. The van der Waals surface area contributed by atoms with Gasteiger partial charge in [-0.25, -0.2) is 4.57 Å². The maximum absolute atomic E-state index is 4.36. The smallest absolute Gasteiger partial charge is 0.170 e. The van der Waals surface area contributed by atoms with Gasteiger partial charge in [0.15, 0.2) is 18.2 Å². The van der Waals surface area contributed by atoms with Crippen LogP contribution in [-0.4, -0.2) is 17.7 Å². The number of aryl methyl sites for hydroxylation is 3. The Morgan fingerprint density at radius 3 is 1.66 bits per heavy atom. The lowest BCUT2D eigenvalue weighted by Gasteiger charge is -2.09. The first kappa shape index (κ1) is 23.8. The summed E-state index contributed by atoms with van der Waals surface area (Å²) in [6, 6.07) is 21.9. The topological polar surface area (TPSA) is 82.3 Å². The summed E-state index contributed by atoms with van der Waals surface area (Å²) in [5.74, 6) is 0.875. The van der Waals surface area contributed by atoms with Crippen LogP contribution in [0.15, 0.2) is 106 Å². The predicted molar refractivity (Wildman–Crippen MR) is 141 cm³/mol. The molecule has 0 aliphatic heterocycles. The highest BCUT2D eigenvalue weighted by Crippen LogP contribution is 2.23. The van der Waals surface area contributed by atoms with Crippen molar-refractivity contribution in [1.29, 1.82) is 0 Å². The summed E-state index contributed by atoms with van der Waals surface area (Å²) in [5, 5.41) is 24.2. The predicted octanol–water partition coefficient (Wildman–Crippen LogP) is 6.90. The van der Waals surface area contributed by atoms with Crippen molar-refractivity contribution in [2.75, 3.05) is 23.7 Å². The number of azo groups is 2. The second-order valence-electron chi connectivity index (χ2n) is 8.36. The number of hydrogen-bond donors (Lipinski definition) is 2. The molecule has 4 aromatic rings. The van der Waals surface area contributed by atoms with Crippen LogP contribution in [0.4, 0.5) is 34.3 Å². The Labute approximate surface area is 206 Å². The zero-order chi connectivity index (χ0) is 24.5. The van der Waals surface area contributed by atoms with Gasteiger partial charge >= 0.3 is 0 Å². The third kappa shape index (κ3) is 7.07. The van der Waals surface area contributed by atoms with E-state index in [-0.39, 0.29) is 0 Å². The number of rotatable bonds is 10. The molecule has 2 aromatic heterocycles. The highest BCUT2D eigenvalue weighted by atomic mass is 15.2. The van der Waals surface area contributed by atoms with E-state index in [1.807, 2.05) is 115 Å². The molecule has 0 radical (unpaired) electrons. The minimum atomic E-state index is 0.826. The van der Waals surface area contributed by atoms with E-state index in [2.05, 4.69) is 31.1 Å². The van der Waals surface area contributed by atoms with Crippen LogP contribution in [0.5, 0.6) is 0 Å². The van der Waals surface area contributed by atoms with E-state index < -0.39 is 0 Å². The normalized spacial score (nSPS) is 11.4. The van der Waals surface area contributed by atoms with E-state index in [0.29, 0.717) is 0 Å². The summed E-state index contributed by atoms with van der Waals surface area (Å²) >= 11 is 0. The average Bonchev–Trinajstić information content (AvgIpc) is 3.20. The molecule has 0 saturated carbocycles. The Morgan fingerprint density at radius 2 is 1.17 bits per heavy atom. The Balaban J connectivity index is 1.16. The highest BCUT2D eigenvalue weighted by Gasteiger charge is 2.01. The van der Waals surface area contributed by atoms with E-state index in [4.69, 9.17) is 0 Å². The molecule has 35 heavy (non-hydrogen) atoms. The molecule has 0 aliphatic carbocycles. The fourth-order valence-corrected chi connectivity index (χ4v) is 3.42. The largest absolute Gasteiger partial charge is 0.385 e. The Hall–Kier alpha value is -4.33. The Bertz CT molecular complexity index is 1250. The first-order chi connectivity index (χ1) is 17.1. The van der Waals surface area contributed by atoms with Crippen LogP contribution in [0.1, 0.15) is 12.0 Å². The van der Waals surface area contributed by atoms with Crippen molar-refractivity contribution in [1.82, 2.24) is 4.57 Å². The molecule has 0 spiro atoms. The van der Waals surface area contributed by atoms with Crippen LogP contribution in [0.25, 0.3) is 0 Å². The van der Waals surface area contributed by atoms with E-state index in [1.165, 1.54) is 0 Å². The van der Waals surface area contributed by atoms with Gasteiger partial charge in [-0.15, -0.1) is 10.2 Å². The van der Waals surface area contributed by atoms with Crippen molar-refractivity contribution in [3.8, 4) is 0 Å². The minimum Gasteiger partial charge on any atom is -0.385 e. The lowest BCUT2D eigenvalue weighted by atomic mass is 10.2. The molecule has 4 rings (SSSR count). The van der Waals surface area contributed by atoms with Crippen molar-refractivity contribution in [2.45, 2.75) is 13.3 Å². The molecule has 0 saturated heterocycles. The molecular weight excluding hydrogens is 436 g/mol. The number of nitrogens with zero attached hydrogens (tertiary/aromatic N) is 6. The fourth-order valence-electron chi connectivity index (χ4n) is 3.42. The molecule has 0 bridgehead atoms. The summed E-state index contributed by atoms with van der Waals surface area (Å²) in [4.78, 5) is 0. The van der Waals surface area contributed by atoms with Gasteiger partial charge in [0, 0.05) is 49.8 Å². The summed E-state index contributed by atoms with van der Waals surface area (Å²) in [6.45, 7) is 3.78. The maximum Gasteiger partial charge on any atom is 0.170 e. The van der Waals surface area contributed by atoms with Crippen LogP contribution in [0.2, 0.25) is 0 Å². The number of anilines is 2. The number of pyridine rings is 1. The fraction of sp³-hybridized carbons (Fsp3) is 0.222. The van der Waals surface area contributed by atoms with Crippen LogP contribution < -0.4 is 15.2 Å². The SMILES string of the molecule is Cc1ccn(C)c1N=Nc1ccc(NCCCNc2ccc(N=Nc3cc[n+](C)cc3)cc2)cc1. The molecule has 0 aliphatic rings. The highest BCUT2D eigenvalue weighted by molar-refractivity contribution is 5.52. The standard InChI is InChI=1S/C27H30N8/c1-21-13-20-35(3)27(21)33-32-25-11-7-23(8-12-25)29-17-4-16-28-22-5-9-24(10-6-22)30-31-26-14-18-34(2)19-15-26/h5-15,18-20H,4,16-17H2,1-3H3,(H,29,33)/p+1. The van der Waals surface area contributed by atoms with Gasteiger partial charge in [-0.05, 0) is 73.5 Å². The van der Waals surface area contributed by atoms with Gasteiger partial charge in [-0.3, -0.25) is 0 Å². The maximum atomic E-state index is 4.36. The van der Waals surface area contributed by atoms with E-state index in [0.717, 1.165) is 59.3 Å². The number of benzene rings is 2. The van der Waals surface area contributed by atoms with Crippen LogP contribution in [0.3, 0.4) is 0 Å². The molecule has 0 atom stereocenters. The van der Waals surface area contributed by atoms with Crippen LogP contribution >= 0.6 is 0 Å². The lowest BCUT2D eigenvalue weighted by Crippen LogP contribution is -2.25. The zero-order valence-electron chi connectivity index (χ0n) is 20.4. The molecule has 0 unspecified atom stereocenters. The van der Waals surface area contributed by atoms with Crippen molar-refractivity contribution < 1.29 is 4.57 Å². The van der Waals surface area contributed by atoms with Crippen LogP contribution in [-0.2, 0) is 14.1 Å². The van der Waals surface area contributed by atoms with Gasteiger partial charge in [0.1, 0.15) is 7.05 Å². The second-order valence-corrected chi connectivity index (χ2v) is 8.36. The zero-order valence-corrected chi connectivity index (χ0v) is 20.4. The molecule has 0 fully saturated rings. The number of aromatic nitrogens is 2. The van der Waals surface area contributed by atoms with Crippen LogP contribution in [0, 0.1) is 6.92 Å². The first-order valence-corrected chi connectivity index (χ1v) is 11.7. The van der Waals surface area contributed by atoms with Crippen molar-refractivity contribution in [3.63, 3.8) is 0 Å².